The number of hydrogen-bond donors (Lipinski definition) is 1. The maximum Gasteiger partial charge on any atom is 0.139 e. The molecular weight excluding hydrogens is 436 g/mol. The molecule has 6 rings (SSSR count). The Bertz CT molecular complexity index is 1370. The van der Waals surface area contributed by atoms with Crippen LogP contribution in [0.4, 0.5) is 16.4 Å². The van der Waals surface area contributed by atoms with Crippen LogP contribution in [0, 0.1) is 6.92 Å². The van der Waals surface area contributed by atoms with Crippen LogP contribution in [0.3, 0.4) is 0 Å². The van der Waals surface area contributed by atoms with E-state index in [9.17, 15) is 0 Å². The molecule has 1 saturated heterocycles. The summed E-state index contributed by atoms with van der Waals surface area (Å²) in [6.45, 7) is 5.23. The summed E-state index contributed by atoms with van der Waals surface area (Å²) >= 11 is 1.82. The fraction of sp³-hybridized carbons (Fsp3) is 0.276. The predicted octanol–water partition coefficient (Wildman–Crippen LogP) is 6.59. The highest BCUT2D eigenvalue weighted by atomic mass is 32.1. The van der Waals surface area contributed by atoms with Crippen LogP contribution in [-0.2, 0) is 6.42 Å². The van der Waals surface area contributed by atoms with Crippen molar-refractivity contribution in [2.75, 3.05) is 32.0 Å². The SMILES string of the molecule is Cc1cc2c(s1)Nc1ccccc1N=C2N1CCN(C)[C@@H](CCc2ccc3ccccc3c2)C1. The minimum Gasteiger partial charge on any atom is -0.353 e. The van der Waals surface area contributed by atoms with Crippen molar-refractivity contribution < 1.29 is 0 Å². The van der Waals surface area contributed by atoms with Crippen LogP contribution < -0.4 is 5.32 Å². The molecule has 0 bridgehead atoms. The summed E-state index contributed by atoms with van der Waals surface area (Å²) in [6, 6.07) is 26.7. The van der Waals surface area contributed by atoms with Crippen molar-refractivity contribution in [3.63, 3.8) is 0 Å². The van der Waals surface area contributed by atoms with Crippen molar-refractivity contribution in [2.24, 2.45) is 4.99 Å². The van der Waals surface area contributed by atoms with Crippen molar-refractivity contribution in [3.05, 3.63) is 88.8 Å². The summed E-state index contributed by atoms with van der Waals surface area (Å²) in [5.41, 5.74) is 4.76. The van der Waals surface area contributed by atoms with Gasteiger partial charge in [0.15, 0.2) is 0 Å². The quantitative estimate of drug-likeness (QED) is 0.369. The van der Waals surface area contributed by atoms with Crippen molar-refractivity contribution in [1.82, 2.24) is 9.80 Å². The number of amidine groups is 1. The third-order valence-corrected chi connectivity index (χ3v) is 8.10. The average molecular weight is 467 g/mol. The van der Waals surface area contributed by atoms with Gasteiger partial charge in [-0.1, -0.05) is 54.6 Å². The van der Waals surface area contributed by atoms with Crippen LogP contribution in [0.2, 0.25) is 0 Å². The number of benzene rings is 3. The van der Waals surface area contributed by atoms with Gasteiger partial charge in [-0.15, -0.1) is 11.3 Å². The molecule has 0 spiro atoms. The first kappa shape index (κ1) is 21.4. The van der Waals surface area contributed by atoms with Crippen LogP contribution in [0.1, 0.15) is 22.4 Å². The number of nitrogens with one attached hydrogen (secondary N) is 1. The van der Waals surface area contributed by atoms with E-state index in [0.717, 1.165) is 49.7 Å². The second-order valence-corrected chi connectivity index (χ2v) is 10.7. The Morgan fingerprint density at radius 1 is 0.971 bits per heavy atom. The van der Waals surface area contributed by atoms with E-state index in [1.54, 1.807) is 0 Å². The number of thiophene rings is 1. The minimum absolute atomic E-state index is 0.498. The molecule has 4 nitrogen and oxygen atoms in total. The topological polar surface area (TPSA) is 30.9 Å². The Balaban J connectivity index is 1.25. The van der Waals surface area contributed by atoms with Gasteiger partial charge in [0, 0.05) is 30.6 Å². The average Bonchev–Trinajstić information content (AvgIpc) is 3.15. The number of piperazine rings is 1. The molecule has 0 saturated carbocycles. The highest BCUT2D eigenvalue weighted by Gasteiger charge is 2.30. The molecule has 172 valence electrons. The number of fused-ring (bicyclic) bond motifs is 3. The van der Waals surface area contributed by atoms with Crippen LogP contribution in [0.15, 0.2) is 77.8 Å². The van der Waals surface area contributed by atoms with E-state index in [-0.39, 0.29) is 0 Å². The lowest BCUT2D eigenvalue weighted by molar-refractivity contribution is 0.134. The highest BCUT2D eigenvalue weighted by Crippen LogP contribution is 2.39. The van der Waals surface area contributed by atoms with Crippen molar-refractivity contribution >= 4 is 44.3 Å². The minimum atomic E-state index is 0.498. The fourth-order valence-corrected chi connectivity index (χ4v) is 6.09. The van der Waals surface area contributed by atoms with Gasteiger partial charge >= 0.3 is 0 Å². The van der Waals surface area contributed by atoms with Crippen molar-refractivity contribution in [3.8, 4) is 0 Å². The number of hydrogen-bond acceptors (Lipinski definition) is 5. The van der Waals surface area contributed by atoms with Crippen LogP contribution >= 0.6 is 11.3 Å². The van der Waals surface area contributed by atoms with Gasteiger partial charge in [-0.2, -0.15) is 0 Å². The Morgan fingerprint density at radius 3 is 2.71 bits per heavy atom. The molecule has 5 heteroatoms. The van der Waals surface area contributed by atoms with Gasteiger partial charge in [0.2, 0.25) is 0 Å². The molecule has 34 heavy (non-hydrogen) atoms. The molecule has 1 fully saturated rings. The van der Waals surface area contributed by atoms with Crippen molar-refractivity contribution in [1.29, 1.82) is 0 Å². The van der Waals surface area contributed by atoms with Crippen LogP contribution in [0.5, 0.6) is 0 Å². The van der Waals surface area contributed by atoms with E-state index < -0.39 is 0 Å². The number of anilines is 2. The van der Waals surface area contributed by atoms with E-state index >= 15 is 0 Å². The molecule has 1 atom stereocenters. The largest absolute Gasteiger partial charge is 0.353 e. The number of nitrogens with zero attached hydrogens (tertiary/aromatic N) is 3. The molecule has 0 aliphatic carbocycles. The summed E-state index contributed by atoms with van der Waals surface area (Å²) in [4.78, 5) is 11.6. The van der Waals surface area contributed by atoms with Gasteiger partial charge in [-0.3, -0.25) is 4.90 Å². The van der Waals surface area contributed by atoms with Gasteiger partial charge in [0.05, 0.1) is 16.9 Å². The Hall–Kier alpha value is -3.15. The molecule has 1 aromatic heterocycles. The summed E-state index contributed by atoms with van der Waals surface area (Å²) in [5.74, 6) is 1.11. The maximum absolute atomic E-state index is 5.20. The number of likely N-dealkylation sites (N-methyl/N-ethyl adjacent to an activating group) is 1. The van der Waals surface area contributed by atoms with Gasteiger partial charge in [0.25, 0.3) is 0 Å². The molecule has 0 amide bonds. The lowest BCUT2D eigenvalue weighted by Gasteiger charge is -2.41. The number of rotatable bonds is 3. The van der Waals surface area contributed by atoms with Crippen LogP contribution in [0.25, 0.3) is 10.8 Å². The zero-order chi connectivity index (χ0) is 23.1. The van der Waals surface area contributed by atoms with E-state index in [4.69, 9.17) is 4.99 Å². The van der Waals surface area contributed by atoms with E-state index in [0.29, 0.717) is 6.04 Å². The normalized spacial score (nSPS) is 18.1. The molecule has 0 unspecified atom stereocenters. The Labute approximate surface area is 205 Å². The van der Waals surface area contributed by atoms with E-state index in [2.05, 4.69) is 102 Å². The first-order valence-corrected chi connectivity index (χ1v) is 12.9. The van der Waals surface area contributed by atoms with E-state index in [1.807, 2.05) is 11.3 Å². The molecule has 3 aromatic carbocycles. The zero-order valence-electron chi connectivity index (χ0n) is 19.8. The second-order valence-electron chi connectivity index (χ2n) is 9.48. The standard InChI is InChI=1S/C29H30N4S/c1-20-17-25-28(30-26-9-5-6-10-27(26)31-29(25)34-20)33-16-15-32(2)24(19-33)14-12-21-11-13-22-7-3-4-8-23(22)18-21/h3-11,13,17-18,24,31H,12,14-16,19H2,1-2H3/t24-/m0/s1. The second kappa shape index (κ2) is 8.90. The lowest BCUT2D eigenvalue weighted by atomic mass is 9.99. The van der Waals surface area contributed by atoms with Gasteiger partial charge in [-0.05, 0) is 61.3 Å². The maximum atomic E-state index is 5.20. The first-order chi connectivity index (χ1) is 16.6. The summed E-state index contributed by atoms with van der Waals surface area (Å²) in [6.07, 6.45) is 2.23. The molecule has 1 N–H and O–H groups in total. The summed E-state index contributed by atoms with van der Waals surface area (Å²) < 4.78 is 0. The smallest absolute Gasteiger partial charge is 0.139 e. The molecule has 2 aliphatic rings. The first-order valence-electron chi connectivity index (χ1n) is 12.1. The van der Waals surface area contributed by atoms with Gasteiger partial charge in [-0.25, -0.2) is 4.99 Å². The molecular formula is C29H30N4S. The predicted molar refractivity (Wildman–Crippen MR) is 145 cm³/mol. The lowest BCUT2D eigenvalue weighted by Crippen LogP contribution is -2.53. The third-order valence-electron chi connectivity index (χ3n) is 7.13. The highest BCUT2D eigenvalue weighted by molar-refractivity contribution is 7.16. The number of aliphatic imine (C=N–C) groups is 1. The Morgan fingerprint density at radius 2 is 1.79 bits per heavy atom. The van der Waals surface area contributed by atoms with E-state index in [1.165, 1.54) is 31.8 Å². The Kier molecular flexibility index (Phi) is 5.60. The van der Waals surface area contributed by atoms with Crippen molar-refractivity contribution in [2.45, 2.75) is 25.8 Å². The number of aryl methyl sites for hydroxylation is 2. The van der Waals surface area contributed by atoms with Crippen LogP contribution in [-0.4, -0.2) is 48.4 Å². The fourth-order valence-electron chi connectivity index (χ4n) is 5.17. The third kappa shape index (κ3) is 4.10. The molecule has 4 aromatic rings. The molecule has 0 radical (unpaired) electrons. The van der Waals surface area contributed by atoms with Gasteiger partial charge < -0.3 is 10.2 Å². The molecule has 2 aliphatic heterocycles. The summed E-state index contributed by atoms with van der Waals surface area (Å²) in [7, 11) is 2.27. The monoisotopic (exact) mass is 466 g/mol. The van der Waals surface area contributed by atoms with Gasteiger partial charge in [0.1, 0.15) is 10.8 Å². The summed E-state index contributed by atoms with van der Waals surface area (Å²) in [5, 5.41) is 7.49. The number of para-hydroxylation sites is 2. The molecule has 3 heterocycles. The zero-order valence-corrected chi connectivity index (χ0v) is 20.6.